The van der Waals surface area contributed by atoms with E-state index in [0.29, 0.717) is 5.95 Å². The topological polar surface area (TPSA) is 59.1 Å². The van der Waals surface area contributed by atoms with E-state index in [-0.39, 0.29) is 0 Å². The number of benzene rings is 2. The number of methoxy groups -OCH3 is 1. The van der Waals surface area contributed by atoms with Crippen molar-refractivity contribution in [1.29, 1.82) is 0 Å². The van der Waals surface area contributed by atoms with E-state index in [9.17, 15) is 0 Å². The van der Waals surface area contributed by atoms with E-state index in [4.69, 9.17) is 4.74 Å². The van der Waals surface area contributed by atoms with Gasteiger partial charge < -0.3 is 15.4 Å². The molecule has 1 aromatic heterocycles. The molecular formula is C21H24N4O. The summed E-state index contributed by atoms with van der Waals surface area (Å²) in [6.45, 7) is 4.82. The summed E-state index contributed by atoms with van der Waals surface area (Å²) in [6.07, 6.45) is 0.890. The van der Waals surface area contributed by atoms with Crippen LogP contribution in [-0.2, 0) is 6.42 Å². The molecule has 134 valence electrons. The van der Waals surface area contributed by atoms with Gasteiger partial charge in [0.15, 0.2) is 0 Å². The van der Waals surface area contributed by atoms with Crippen LogP contribution in [0.5, 0.6) is 5.75 Å². The van der Waals surface area contributed by atoms with Crippen molar-refractivity contribution in [3.05, 3.63) is 71.4 Å². The van der Waals surface area contributed by atoms with Crippen molar-refractivity contribution >= 4 is 17.5 Å². The third kappa shape index (κ3) is 4.72. The highest BCUT2D eigenvalue weighted by atomic mass is 16.5. The van der Waals surface area contributed by atoms with Crippen molar-refractivity contribution in [3.8, 4) is 5.75 Å². The Bertz CT molecular complexity index is 879. The van der Waals surface area contributed by atoms with Gasteiger partial charge in [0, 0.05) is 24.0 Å². The molecule has 5 heteroatoms. The lowest BCUT2D eigenvalue weighted by molar-refractivity contribution is 0.414. The number of nitrogens with zero attached hydrogens (tertiary/aromatic N) is 2. The Hall–Kier alpha value is -3.08. The smallest absolute Gasteiger partial charge is 0.229 e. The van der Waals surface area contributed by atoms with Gasteiger partial charge >= 0.3 is 0 Å². The number of rotatable bonds is 7. The molecule has 5 nitrogen and oxygen atoms in total. The third-order valence-electron chi connectivity index (χ3n) is 4.10. The Kier molecular flexibility index (Phi) is 5.69. The van der Waals surface area contributed by atoms with Gasteiger partial charge in [0.2, 0.25) is 5.95 Å². The van der Waals surface area contributed by atoms with Crippen LogP contribution < -0.4 is 15.4 Å². The SMILES string of the molecule is COc1cccc(CCNc2cc(C)nc(Nc3ccccc3C)n2)c1. The van der Waals surface area contributed by atoms with Crippen LogP contribution in [0.2, 0.25) is 0 Å². The molecule has 1 heterocycles. The first-order valence-corrected chi connectivity index (χ1v) is 8.69. The van der Waals surface area contributed by atoms with E-state index in [2.05, 4.69) is 45.7 Å². The number of hydrogen-bond acceptors (Lipinski definition) is 5. The molecule has 0 atom stereocenters. The highest BCUT2D eigenvalue weighted by Crippen LogP contribution is 2.19. The quantitative estimate of drug-likeness (QED) is 0.658. The zero-order chi connectivity index (χ0) is 18.4. The lowest BCUT2D eigenvalue weighted by Crippen LogP contribution is -2.09. The summed E-state index contributed by atoms with van der Waals surface area (Å²) < 4.78 is 5.27. The van der Waals surface area contributed by atoms with Gasteiger partial charge in [0.25, 0.3) is 0 Å². The fraction of sp³-hybridized carbons (Fsp3) is 0.238. The van der Waals surface area contributed by atoms with Crippen LogP contribution in [0.4, 0.5) is 17.5 Å². The first-order chi connectivity index (χ1) is 12.6. The summed E-state index contributed by atoms with van der Waals surface area (Å²) in [5, 5.41) is 6.68. The zero-order valence-corrected chi connectivity index (χ0v) is 15.4. The standard InChI is InChI=1S/C21H24N4O/c1-15-7-4-5-10-19(15)24-21-23-16(2)13-20(25-21)22-12-11-17-8-6-9-18(14-17)26-3/h4-10,13-14H,11-12H2,1-3H3,(H2,22,23,24,25). The Labute approximate surface area is 154 Å². The summed E-state index contributed by atoms with van der Waals surface area (Å²) in [4.78, 5) is 9.06. The molecule has 0 amide bonds. The van der Waals surface area contributed by atoms with Gasteiger partial charge in [0.1, 0.15) is 11.6 Å². The summed E-state index contributed by atoms with van der Waals surface area (Å²) in [5.41, 5.74) is 4.31. The molecule has 3 rings (SSSR count). The van der Waals surface area contributed by atoms with Gasteiger partial charge in [-0.2, -0.15) is 4.98 Å². The number of aromatic nitrogens is 2. The molecule has 2 aromatic carbocycles. The summed E-state index contributed by atoms with van der Waals surface area (Å²) in [5.74, 6) is 2.30. The number of anilines is 3. The number of aryl methyl sites for hydroxylation is 2. The monoisotopic (exact) mass is 348 g/mol. The molecule has 26 heavy (non-hydrogen) atoms. The summed E-state index contributed by atoms with van der Waals surface area (Å²) >= 11 is 0. The number of ether oxygens (including phenoxy) is 1. The average molecular weight is 348 g/mol. The number of nitrogens with one attached hydrogen (secondary N) is 2. The second-order valence-corrected chi connectivity index (χ2v) is 6.19. The number of para-hydroxylation sites is 1. The van der Waals surface area contributed by atoms with Gasteiger partial charge in [-0.1, -0.05) is 30.3 Å². The van der Waals surface area contributed by atoms with Crippen molar-refractivity contribution in [3.63, 3.8) is 0 Å². The maximum absolute atomic E-state index is 5.27. The van der Waals surface area contributed by atoms with Crippen LogP contribution in [0.3, 0.4) is 0 Å². The van der Waals surface area contributed by atoms with E-state index in [1.165, 1.54) is 5.56 Å². The van der Waals surface area contributed by atoms with Crippen LogP contribution in [0.1, 0.15) is 16.8 Å². The molecule has 0 radical (unpaired) electrons. The molecule has 0 aliphatic carbocycles. The lowest BCUT2D eigenvalue weighted by atomic mass is 10.1. The highest BCUT2D eigenvalue weighted by Gasteiger charge is 2.05. The zero-order valence-electron chi connectivity index (χ0n) is 15.4. The minimum absolute atomic E-state index is 0.600. The molecule has 0 bridgehead atoms. The van der Waals surface area contributed by atoms with Crippen LogP contribution in [0, 0.1) is 13.8 Å². The second kappa shape index (κ2) is 8.34. The molecule has 0 unspecified atom stereocenters. The van der Waals surface area contributed by atoms with Crippen LogP contribution >= 0.6 is 0 Å². The molecule has 0 aliphatic rings. The normalized spacial score (nSPS) is 10.4. The van der Waals surface area contributed by atoms with Crippen molar-refractivity contribution in [2.75, 3.05) is 24.3 Å². The third-order valence-corrected chi connectivity index (χ3v) is 4.10. The first kappa shape index (κ1) is 17.7. The Balaban J connectivity index is 1.65. The Morgan fingerprint density at radius 2 is 1.81 bits per heavy atom. The van der Waals surface area contributed by atoms with Crippen LogP contribution in [-0.4, -0.2) is 23.6 Å². The van der Waals surface area contributed by atoms with Crippen LogP contribution in [0.25, 0.3) is 0 Å². The minimum Gasteiger partial charge on any atom is -0.497 e. The van der Waals surface area contributed by atoms with Gasteiger partial charge in [-0.05, 0) is 49.6 Å². The van der Waals surface area contributed by atoms with Crippen LogP contribution in [0.15, 0.2) is 54.6 Å². The predicted molar refractivity (Wildman–Crippen MR) is 106 cm³/mol. The molecule has 0 aliphatic heterocycles. The van der Waals surface area contributed by atoms with E-state index in [0.717, 1.165) is 41.5 Å². The van der Waals surface area contributed by atoms with Crippen molar-refractivity contribution in [1.82, 2.24) is 9.97 Å². The van der Waals surface area contributed by atoms with Gasteiger partial charge in [-0.15, -0.1) is 0 Å². The molecule has 0 fully saturated rings. The Morgan fingerprint density at radius 1 is 0.962 bits per heavy atom. The van der Waals surface area contributed by atoms with Gasteiger partial charge in [-0.3, -0.25) is 0 Å². The first-order valence-electron chi connectivity index (χ1n) is 8.69. The maximum Gasteiger partial charge on any atom is 0.229 e. The largest absolute Gasteiger partial charge is 0.497 e. The molecule has 2 N–H and O–H groups in total. The van der Waals surface area contributed by atoms with Crippen molar-refractivity contribution in [2.24, 2.45) is 0 Å². The molecule has 0 saturated heterocycles. The molecule has 0 saturated carbocycles. The summed E-state index contributed by atoms with van der Waals surface area (Å²) in [7, 11) is 1.68. The molecule has 3 aromatic rings. The van der Waals surface area contributed by atoms with E-state index < -0.39 is 0 Å². The fourth-order valence-electron chi connectivity index (χ4n) is 2.71. The number of hydrogen-bond donors (Lipinski definition) is 2. The van der Waals surface area contributed by atoms with E-state index >= 15 is 0 Å². The lowest BCUT2D eigenvalue weighted by Gasteiger charge is -2.11. The summed E-state index contributed by atoms with van der Waals surface area (Å²) in [6, 6.07) is 18.2. The maximum atomic E-state index is 5.27. The van der Waals surface area contributed by atoms with E-state index in [1.54, 1.807) is 7.11 Å². The minimum atomic E-state index is 0.600. The van der Waals surface area contributed by atoms with Gasteiger partial charge in [0.05, 0.1) is 7.11 Å². The highest BCUT2D eigenvalue weighted by molar-refractivity contribution is 5.59. The second-order valence-electron chi connectivity index (χ2n) is 6.19. The van der Waals surface area contributed by atoms with E-state index in [1.807, 2.05) is 43.3 Å². The van der Waals surface area contributed by atoms with Crippen molar-refractivity contribution < 1.29 is 4.74 Å². The molecule has 0 spiro atoms. The average Bonchev–Trinajstić information content (AvgIpc) is 2.63. The predicted octanol–water partition coefficient (Wildman–Crippen LogP) is 4.50. The molecular weight excluding hydrogens is 324 g/mol. The van der Waals surface area contributed by atoms with Gasteiger partial charge in [-0.25, -0.2) is 4.98 Å². The van der Waals surface area contributed by atoms with Crippen molar-refractivity contribution in [2.45, 2.75) is 20.3 Å². The Morgan fingerprint density at radius 3 is 2.62 bits per heavy atom. The fourth-order valence-corrected chi connectivity index (χ4v) is 2.71.